The first-order valence-corrected chi connectivity index (χ1v) is 7.16. The average Bonchev–Trinajstić information content (AvgIpc) is 3.08. The number of aromatic amines is 1. The summed E-state index contributed by atoms with van der Waals surface area (Å²) in [7, 11) is 0. The van der Waals surface area contributed by atoms with Gasteiger partial charge in [0.15, 0.2) is 0 Å². The van der Waals surface area contributed by atoms with Gasteiger partial charge in [0.1, 0.15) is 0 Å². The molecule has 0 fully saturated rings. The number of aryl methyl sites for hydroxylation is 2. The second kappa shape index (κ2) is 5.90. The second-order valence-electron chi connectivity index (χ2n) is 5.31. The largest absolute Gasteiger partial charge is 0.355 e. The Morgan fingerprint density at radius 3 is 3.05 bits per heavy atom. The number of hydrogen-bond donors (Lipinski definition) is 2. The number of nitrogens with one attached hydrogen (secondary N) is 2. The van der Waals surface area contributed by atoms with Crippen LogP contribution in [0.1, 0.15) is 28.8 Å². The highest BCUT2D eigenvalue weighted by molar-refractivity contribution is 5.78. The molecular weight excluding hydrogens is 250 g/mol. The Bertz CT molecular complexity index is 590. The van der Waals surface area contributed by atoms with E-state index in [0.717, 1.165) is 24.1 Å². The Morgan fingerprint density at radius 2 is 2.20 bits per heavy atom. The van der Waals surface area contributed by atoms with Crippen LogP contribution in [0.3, 0.4) is 0 Å². The van der Waals surface area contributed by atoms with Gasteiger partial charge >= 0.3 is 0 Å². The quantitative estimate of drug-likeness (QED) is 0.869. The molecule has 1 amide bonds. The molecule has 20 heavy (non-hydrogen) atoms. The Hall–Kier alpha value is -2.10. The number of aromatic nitrogens is 2. The van der Waals surface area contributed by atoms with Crippen molar-refractivity contribution in [2.75, 3.05) is 6.54 Å². The van der Waals surface area contributed by atoms with Crippen molar-refractivity contribution in [2.24, 2.45) is 0 Å². The lowest BCUT2D eigenvalue weighted by molar-refractivity contribution is -0.120. The lowest BCUT2D eigenvalue weighted by Gasteiger charge is -2.06. The van der Waals surface area contributed by atoms with E-state index in [4.69, 9.17) is 0 Å². The number of hydrogen-bond acceptors (Lipinski definition) is 2. The Balaban J connectivity index is 1.49. The molecule has 0 atom stereocenters. The summed E-state index contributed by atoms with van der Waals surface area (Å²) in [6.45, 7) is 0.645. The van der Waals surface area contributed by atoms with Gasteiger partial charge in [-0.05, 0) is 36.0 Å². The smallest absolute Gasteiger partial charge is 0.224 e. The molecule has 4 nitrogen and oxygen atoms in total. The molecule has 0 aliphatic heterocycles. The Labute approximate surface area is 118 Å². The van der Waals surface area contributed by atoms with Crippen molar-refractivity contribution in [3.05, 3.63) is 53.1 Å². The minimum Gasteiger partial charge on any atom is -0.355 e. The number of carbonyl (C=O) groups is 1. The highest BCUT2D eigenvalue weighted by atomic mass is 16.1. The van der Waals surface area contributed by atoms with Crippen LogP contribution in [-0.4, -0.2) is 22.4 Å². The summed E-state index contributed by atoms with van der Waals surface area (Å²) >= 11 is 0. The van der Waals surface area contributed by atoms with Crippen LogP contribution in [-0.2, 0) is 30.5 Å². The van der Waals surface area contributed by atoms with Gasteiger partial charge in [-0.2, -0.15) is 0 Å². The first-order chi connectivity index (χ1) is 9.81. The predicted octanol–water partition coefficient (Wildman–Crippen LogP) is 1.80. The lowest BCUT2D eigenvalue weighted by Crippen LogP contribution is -2.27. The maximum absolute atomic E-state index is 11.9. The van der Waals surface area contributed by atoms with Gasteiger partial charge in [-0.15, -0.1) is 0 Å². The number of benzene rings is 1. The number of carbonyl (C=O) groups excluding carboxylic acids is 1. The van der Waals surface area contributed by atoms with Gasteiger partial charge in [0.25, 0.3) is 0 Å². The van der Waals surface area contributed by atoms with Crippen molar-refractivity contribution in [2.45, 2.75) is 32.1 Å². The fourth-order valence-corrected chi connectivity index (χ4v) is 2.74. The standard InChI is InChI=1S/C16H19N3O/c20-16(18-7-6-15-10-17-11-19-15)9-12-4-5-13-2-1-3-14(13)8-12/h4-5,8,10-11H,1-3,6-7,9H2,(H,17,19)(H,18,20). The van der Waals surface area contributed by atoms with E-state index in [2.05, 4.69) is 33.5 Å². The molecule has 1 aromatic carbocycles. The molecule has 1 heterocycles. The van der Waals surface area contributed by atoms with E-state index < -0.39 is 0 Å². The summed E-state index contributed by atoms with van der Waals surface area (Å²) in [6.07, 6.45) is 8.28. The molecule has 2 aromatic rings. The van der Waals surface area contributed by atoms with Gasteiger partial charge < -0.3 is 10.3 Å². The molecule has 1 aliphatic rings. The monoisotopic (exact) mass is 269 g/mol. The van der Waals surface area contributed by atoms with Crippen molar-refractivity contribution in [3.8, 4) is 0 Å². The molecule has 0 bridgehead atoms. The van der Waals surface area contributed by atoms with Crippen LogP contribution in [0.25, 0.3) is 0 Å². The number of imidazole rings is 1. The highest BCUT2D eigenvalue weighted by Crippen LogP contribution is 2.22. The van der Waals surface area contributed by atoms with Gasteiger partial charge in [-0.1, -0.05) is 18.2 Å². The van der Waals surface area contributed by atoms with Gasteiger partial charge in [0.05, 0.1) is 12.7 Å². The summed E-state index contributed by atoms with van der Waals surface area (Å²) in [5, 5.41) is 2.95. The number of amides is 1. The minimum absolute atomic E-state index is 0.0856. The fraction of sp³-hybridized carbons (Fsp3) is 0.375. The first-order valence-electron chi connectivity index (χ1n) is 7.16. The first kappa shape index (κ1) is 12.9. The van der Waals surface area contributed by atoms with Gasteiger partial charge in [-0.3, -0.25) is 4.79 Å². The molecule has 2 N–H and O–H groups in total. The van der Waals surface area contributed by atoms with Crippen LogP contribution < -0.4 is 5.32 Å². The zero-order valence-corrected chi connectivity index (χ0v) is 11.5. The summed E-state index contributed by atoms with van der Waals surface area (Å²) in [5.74, 6) is 0.0856. The molecule has 104 valence electrons. The van der Waals surface area contributed by atoms with Gasteiger partial charge in [-0.25, -0.2) is 4.98 Å². The van der Waals surface area contributed by atoms with E-state index in [9.17, 15) is 4.79 Å². The number of nitrogens with zero attached hydrogens (tertiary/aromatic N) is 1. The molecular formula is C16H19N3O. The third kappa shape index (κ3) is 3.07. The van der Waals surface area contributed by atoms with Gasteiger partial charge in [0.2, 0.25) is 5.91 Å². The number of H-pyrrole nitrogens is 1. The van der Waals surface area contributed by atoms with Gasteiger partial charge in [0, 0.05) is 24.9 Å². The fourth-order valence-electron chi connectivity index (χ4n) is 2.74. The highest BCUT2D eigenvalue weighted by Gasteiger charge is 2.12. The second-order valence-corrected chi connectivity index (χ2v) is 5.31. The molecule has 0 unspecified atom stereocenters. The molecule has 4 heteroatoms. The maximum Gasteiger partial charge on any atom is 0.224 e. The Morgan fingerprint density at radius 1 is 1.30 bits per heavy atom. The van der Waals surface area contributed by atoms with Crippen LogP contribution in [0.4, 0.5) is 0 Å². The van der Waals surface area contributed by atoms with E-state index in [1.807, 2.05) is 0 Å². The summed E-state index contributed by atoms with van der Waals surface area (Å²) in [5.41, 5.74) is 5.04. The van der Waals surface area contributed by atoms with Crippen LogP contribution in [0.2, 0.25) is 0 Å². The normalized spacial score (nSPS) is 13.2. The van der Waals surface area contributed by atoms with Crippen LogP contribution >= 0.6 is 0 Å². The summed E-state index contributed by atoms with van der Waals surface area (Å²) in [6, 6.07) is 6.45. The zero-order chi connectivity index (χ0) is 13.8. The SMILES string of the molecule is O=C(Cc1ccc2c(c1)CCC2)NCCc1cnc[nH]1. The van der Waals surface area contributed by atoms with Crippen molar-refractivity contribution < 1.29 is 4.79 Å². The molecule has 3 rings (SSSR count). The third-order valence-corrected chi connectivity index (χ3v) is 3.80. The lowest BCUT2D eigenvalue weighted by atomic mass is 10.0. The topological polar surface area (TPSA) is 57.8 Å². The van der Waals surface area contributed by atoms with Crippen LogP contribution in [0.15, 0.2) is 30.7 Å². The molecule has 0 spiro atoms. The van der Waals surface area contributed by atoms with E-state index in [0.29, 0.717) is 13.0 Å². The minimum atomic E-state index is 0.0856. The van der Waals surface area contributed by atoms with Crippen molar-refractivity contribution >= 4 is 5.91 Å². The summed E-state index contributed by atoms with van der Waals surface area (Å²) in [4.78, 5) is 18.9. The predicted molar refractivity (Wildman–Crippen MR) is 77.5 cm³/mol. The molecule has 1 aromatic heterocycles. The van der Waals surface area contributed by atoms with Crippen LogP contribution in [0.5, 0.6) is 0 Å². The van der Waals surface area contributed by atoms with E-state index in [-0.39, 0.29) is 5.91 Å². The number of rotatable bonds is 5. The average molecular weight is 269 g/mol. The van der Waals surface area contributed by atoms with Crippen molar-refractivity contribution in [1.29, 1.82) is 0 Å². The van der Waals surface area contributed by atoms with E-state index in [1.165, 1.54) is 24.0 Å². The third-order valence-electron chi connectivity index (χ3n) is 3.80. The van der Waals surface area contributed by atoms with Crippen LogP contribution in [0, 0.1) is 0 Å². The maximum atomic E-state index is 11.9. The van der Waals surface area contributed by atoms with Crippen molar-refractivity contribution in [3.63, 3.8) is 0 Å². The van der Waals surface area contributed by atoms with Crippen molar-refractivity contribution in [1.82, 2.24) is 15.3 Å². The summed E-state index contributed by atoms with van der Waals surface area (Å²) < 4.78 is 0. The molecule has 0 radical (unpaired) electrons. The number of fused-ring (bicyclic) bond motifs is 1. The van der Waals surface area contributed by atoms with E-state index in [1.54, 1.807) is 12.5 Å². The molecule has 1 aliphatic carbocycles. The Kier molecular flexibility index (Phi) is 3.81. The molecule has 0 saturated heterocycles. The molecule has 0 saturated carbocycles. The zero-order valence-electron chi connectivity index (χ0n) is 11.5. The van der Waals surface area contributed by atoms with E-state index >= 15 is 0 Å².